The van der Waals surface area contributed by atoms with Crippen LogP contribution in [0.5, 0.6) is 0 Å². The normalized spacial score (nSPS) is 12.9. The molecule has 2 aromatic carbocycles. The van der Waals surface area contributed by atoms with E-state index < -0.39 is 0 Å². The van der Waals surface area contributed by atoms with E-state index in [4.69, 9.17) is 33.9 Å². The molecule has 0 unspecified atom stereocenters. The number of nitrogens with two attached hydrogens (primary N) is 1. The van der Waals surface area contributed by atoms with Crippen molar-refractivity contribution in [3.63, 3.8) is 0 Å². The van der Waals surface area contributed by atoms with Gasteiger partial charge in [0.05, 0.1) is 27.1 Å². The zero-order valence-corrected chi connectivity index (χ0v) is 16.3. The maximum atomic E-state index is 6.47. The lowest BCUT2D eigenvalue weighted by atomic mass is 10.0. The van der Waals surface area contributed by atoms with Gasteiger partial charge in [-0.25, -0.2) is 4.98 Å². The Morgan fingerprint density at radius 3 is 2.52 bits per heavy atom. The van der Waals surface area contributed by atoms with E-state index in [-0.39, 0.29) is 6.04 Å². The third-order valence-electron chi connectivity index (χ3n) is 4.30. The predicted octanol–water partition coefficient (Wildman–Crippen LogP) is 5.75. The van der Waals surface area contributed by atoms with Gasteiger partial charge in [-0.1, -0.05) is 66.9 Å². The summed E-state index contributed by atoms with van der Waals surface area (Å²) in [5.74, 6) is 1.37. The second-order valence-electron chi connectivity index (χ2n) is 7.04. The van der Waals surface area contributed by atoms with Crippen LogP contribution in [0.2, 0.25) is 10.0 Å². The molecule has 0 saturated heterocycles. The molecule has 0 aliphatic rings. The quantitative estimate of drug-likeness (QED) is 0.617. The lowest BCUT2D eigenvalue weighted by Gasteiger charge is -2.17. The average molecular weight is 376 g/mol. The molecule has 0 fully saturated rings. The van der Waals surface area contributed by atoms with Gasteiger partial charge < -0.3 is 10.3 Å². The number of fused-ring (bicyclic) bond motifs is 1. The van der Waals surface area contributed by atoms with Crippen molar-refractivity contribution in [1.29, 1.82) is 0 Å². The molecule has 1 heterocycles. The van der Waals surface area contributed by atoms with Crippen LogP contribution in [0, 0.1) is 12.8 Å². The molecule has 2 N–H and O–H groups in total. The highest BCUT2D eigenvalue weighted by Gasteiger charge is 2.19. The van der Waals surface area contributed by atoms with Crippen LogP contribution in [-0.4, -0.2) is 9.55 Å². The van der Waals surface area contributed by atoms with E-state index in [9.17, 15) is 0 Å². The Hall–Kier alpha value is -1.55. The topological polar surface area (TPSA) is 43.8 Å². The minimum absolute atomic E-state index is 0.130. The van der Waals surface area contributed by atoms with E-state index >= 15 is 0 Å². The summed E-state index contributed by atoms with van der Waals surface area (Å²) >= 11 is 12.4. The molecule has 132 valence electrons. The fraction of sp³-hybridized carbons (Fsp3) is 0.350. The molecule has 0 saturated carbocycles. The second-order valence-corrected chi connectivity index (χ2v) is 7.85. The summed E-state index contributed by atoms with van der Waals surface area (Å²) in [7, 11) is 0. The Morgan fingerprint density at radius 1 is 1.12 bits per heavy atom. The van der Waals surface area contributed by atoms with Gasteiger partial charge in [0.15, 0.2) is 0 Å². The lowest BCUT2D eigenvalue weighted by Crippen LogP contribution is -2.19. The van der Waals surface area contributed by atoms with E-state index in [0.717, 1.165) is 23.3 Å². The highest BCUT2D eigenvalue weighted by atomic mass is 35.5. The van der Waals surface area contributed by atoms with Gasteiger partial charge in [0.1, 0.15) is 5.82 Å². The van der Waals surface area contributed by atoms with Crippen LogP contribution in [-0.2, 0) is 6.54 Å². The number of halogens is 2. The summed E-state index contributed by atoms with van der Waals surface area (Å²) in [5.41, 5.74) is 10.7. The molecule has 25 heavy (non-hydrogen) atoms. The summed E-state index contributed by atoms with van der Waals surface area (Å²) in [6.45, 7) is 7.14. The standard InChI is InChI=1S/C20H23Cl2N3/c1-12(2)7-17(23)20-24-18-9-15(21)16(22)10-19(18)25(20)11-14-6-4-5-13(3)8-14/h4-6,8-10,12,17H,7,11,23H2,1-3H3/t17-/m0/s1. The monoisotopic (exact) mass is 375 g/mol. The highest BCUT2D eigenvalue weighted by molar-refractivity contribution is 6.42. The zero-order chi connectivity index (χ0) is 18.1. The summed E-state index contributed by atoms with van der Waals surface area (Å²) in [6.07, 6.45) is 0.874. The van der Waals surface area contributed by atoms with Gasteiger partial charge >= 0.3 is 0 Å². The van der Waals surface area contributed by atoms with Gasteiger partial charge in [0.25, 0.3) is 0 Å². The molecule has 0 aliphatic heterocycles. The van der Waals surface area contributed by atoms with Crippen molar-refractivity contribution in [3.05, 3.63) is 63.4 Å². The Balaban J connectivity index is 2.13. The Morgan fingerprint density at radius 2 is 1.84 bits per heavy atom. The largest absolute Gasteiger partial charge is 0.322 e. The first-order valence-electron chi connectivity index (χ1n) is 8.51. The van der Waals surface area contributed by atoms with Gasteiger partial charge in [-0.2, -0.15) is 0 Å². The summed E-state index contributed by atoms with van der Waals surface area (Å²) in [4.78, 5) is 4.78. The molecule has 0 amide bonds. The fourth-order valence-electron chi connectivity index (χ4n) is 3.19. The maximum Gasteiger partial charge on any atom is 0.127 e. The van der Waals surface area contributed by atoms with E-state index in [2.05, 4.69) is 49.6 Å². The van der Waals surface area contributed by atoms with Crippen LogP contribution < -0.4 is 5.73 Å². The molecule has 1 atom stereocenters. The molecular formula is C20H23Cl2N3. The number of hydrogen-bond acceptors (Lipinski definition) is 2. The first-order chi connectivity index (χ1) is 11.8. The van der Waals surface area contributed by atoms with Gasteiger partial charge in [-0.15, -0.1) is 0 Å². The summed E-state index contributed by atoms with van der Waals surface area (Å²) in [5, 5.41) is 1.04. The Kier molecular flexibility index (Phi) is 5.38. The number of aryl methyl sites for hydroxylation is 1. The van der Waals surface area contributed by atoms with Gasteiger partial charge in [0.2, 0.25) is 0 Å². The SMILES string of the molecule is Cc1cccc(Cn2c([C@@H](N)CC(C)C)nc3cc(Cl)c(Cl)cc32)c1. The summed E-state index contributed by atoms with van der Waals surface area (Å²) < 4.78 is 2.17. The zero-order valence-electron chi connectivity index (χ0n) is 14.8. The molecule has 3 rings (SSSR count). The van der Waals surface area contributed by atoms with Crippen LogP contribution in [0.3, 0.4) is 0 Å². The molecule has 3 nitrogen and oxygen atoms in total. The highest BCUT2D eigenvalue weighted by Crippen LogP contribution is 2.31. The van der Waals surface area contributed by atoms with Crippen molar-refractivity contribution in [1.82, 2.24) is 9.55 Å². The van der Waals surface area contributed by atoms with Crippen LogP contribution >= 0.6 is 23.2 Å². The third-order valence-corrected chi connectivity index (χ3v) is 5.02. The summed E-state index contributed by atoms with van der Waals surface area (Å²) in [6, 6.07) is 12.0. The van der Waals surface area contributed by atoms with Gasteiger partial charge in [-0.3, -0.25) is 0 Å². The lowest BCUT2D eigenvalue weighted by molar-refractivity contribution is 0.481. The number of benzene rings is 2. The van der Waals surface area contributed by atoms with Crippen molar-refractivity contribution >= 4 is 34.2 Å². The first kappa shape index (κ1) is 18.2. The molecule has 5 heteroatoms. The maximum absolute atomic E-state index is 6.47. The molecule has 3 aromatic rings. The average Bonchev–Trinajstić information content (AvgIpc) is 2.85. The molecule has 0 bridgehead atoms. The molecular weight excluding hydrogens is 353 g/mol. The van der Waals surface area contributed by atoms with E-state index in [1.165, 1.54) is 11.1 Å². The Bertz CT molecular complexity index is 899. The van der Waals surface area contributed by atoms with Crippen molar-refractivity contribution in [2.45, 2.75) is 39.8 Å². The van der Waals surface area contributed by atoms with Crippen molar-refractivity contribution in [2.24, 2.45) is 11.7 Å². The number of imidazole rings is 1. The number of hydrogen-bond donors (Lipinski definition) is 1. The van der Waals surface area contributed by atoms with Crippen LogP contribution in [0.25, 0.3) is 11.0 Å². The number of aromatic nitrogens is 2. The fourth-order valence-corrected chi connectivity index (χ4v) is 3.51. The first-order valence-corrected chi connectivity index (χ1v) is 9.27. The van der Waals surface area contributed by atoms with Gasteiger partial charge in [-0.05, 0) is 37.0 Å². The van der Waals surface area contributed by atoms with Crippen LogP contribution in [0.1, 0.15) is 43.3 Å². The molecule has 1 aromatic heterocycles. The molecule has 0 spiro atoms. The van der Waals surface area contributed by atoms with Crippen LogP contribution in [0.4, 0.5) is 0 Å². The Labute approximate surface area is 158 Å². The number of nitrogens with zero attached hydrogens (tertiary/aromatic N) is 2. The van der Waals surface area contributed by atoms with Crippen molar-refractivity contribution in [3.8, 4) is 0 Å². The van der Waals surface area contributed by atoms with Crippen molar-refractivity contribution < 1.29 is 0 Å². The minimum atomic E-state index is -0.130. The van der Waals surface area contributed by atoms with Crippen molar-refractivity contribution in [2.75, 3.05) is 0 Å². The second kappa shape index (κ2) is 7.36. The third kappa shape index (κ3) is 4.00. The predicted molar refractivity (Wildman–Crippen MR) is 106 cm³/mol. The number of rotatable bonds is 5. The van der Waals surface area contributed by atoms with E-state index in [1.54, 1.807) is 0 Å². The van der Waals surface area contributed by atoms with Crippen LogP contribution in [0.15, 0.2) is 36.4 Å². The molecule has 0 radical (unpaired) electrons. The molecule has 0 aliphatic carbocycles. The van der Waals surface area contributed by atoms with E-state index in [1.807, 2.05) is 12.1 Å². The smallest absolute Gasteiger partial charge is 0.127 e. The minimum Gasteiger partial charge on any atom is -0.322 e. The van der Waals surface area contributed by atoms with E-state index in [0.29, 0.717) is 22.5 Å². The van der Waals surface area contributed by atoms with Gasteiger partial charge in [0, 0.05) is 6.54 Å².